The second-order valence-electron chi connectivity index (χ2n) is 3.94. The van der Waals surface area contributed by atoms with Crippen LogP contribution in [-0.2, 0) is 0 Å². The van der Waals surface area contributed by atoms with Gasteiger partial charge in [0, 0.05) is 38.3 Å². The summed E-state index contributed by atoms with van der Waals surface area (Å²) in [5.41, 5.74) is 0. The second kappa shape index (κ2) is 6.01. The Morgan fingerprint density at radius 1 is 1.25 bits per heavy atom. The van der Waals surface area contributed by atoms with E-state index in [4.69, 9.17) is 11.6 Å². The number of alkyl halides is 1. The average Bonchev–Trinajstić information content (AvgIpc) is 2.57. The maximum atomic E-state index is 5.77. The number of rotatable bonds is 3. The molecule has 2 rings (SSSR count). The fraction of sp³-hybridized carbons (Fsp3) is 0.636. The molecule has 0 aromatic carbocycles. The van der Waals surface area contributed by atoms with E-state index in [0.29, 0.717) is 5.88 Å². The minimum Gasteiger partial charge on any atom is -0.355 e. The first kappa shape index (κ1) is 11.6. The van der Waals surface area contributed by atoms with Crippen molar-refractivity contribution in [3.05, 3.63) is 18.6 Å². The molecule has 0 amide bonds. The number of anilines is 1. The zero-order chi connectivity index (χ0) is 11.2. The summed E-state index contributed by atoms with van der Waals surface area (Å²) in [6.45, 7) is 5.27. The van der Waals surface area contributed by atoms with Crippen molar-refractivity contribution in [2.75, 3.05) is 43.5 Å². The first-order chi connectivity index (χ1) is 7.90. The summed E-state index contributed by atoms with van der Waals surface area (Å²) in [4.78, 5) is 13.0. The van der Waals surface area contributed by atoms with E-state index in [1.54, 1.807) is 12.5 Å². The molecule has 0 atom stereocenters. The highest BCUT2D eigenvalue weighted by Crippen LogP contribution is 2.11. The fourth-order valence-corrected chi connectivity index (χ4v) is 2.25. The predicted molar refractivity (Wildman–Crippen MR) is 66.0 cm³/mol. The molecule has 1 aromatic heterocycles. The molecule has 1 saturated heterocycles. The number of hydrogen-bond acceptors (Lipinski definition) is 4. The number of hydrogen-bond donors (Lipinski definition) is 0. The first-order valence-corrected chi connectivity index (χ1v) is 6.23. The summed E-state index contributed by atoms with van der Waals surface area (Å²) < 4.78 is 0. The van der Waals surface area contributed by atoms with E-state index in [9.17, 15) is 0 Å². The van der Waals surface area contributed by atoms with Crippen molar-refractivity contribution >= 4 is 17.4 Å². The van der Waals surface area contributed by atoms with Crippen LogP contribution in [0, 0.1) is 0 Å². The van der Waals surface area contributed by atoms with Crippen LogP contribution in [0.5, 0.6) is 0 Å². The smallest absolute Gasteiger partial charge is 0.131 e. The summed E-state index contributed by atoms with van der Waals surface area (Å²) in [7, 11) is 0. The second-order valence-corrected chi connectivity index (χ2v) is 4.32. The molecule has 88 valence electrons. The van der Waals surface area contributed by atoms with Gasteiger partial charge in [-0.1, -0.05) is 0 Å². The highest BCUT2D eigenvalue weighted by molar-refractivity contribution is 6.18. The van der Waals surface area contributed by atoms with E-state index in [1.165, 1.54) is 6.42 Å². The molecular formula is C11H17ClN4. The van der Waals surface area contributed by atoms with Crippen LogP contribution >= 0.6 is 11.6 Å². The maximum absolute atomic E-state index is 5.77. The Kier molecular flexibility index (Phi) is 4.36. The van der Waals surface area contributed by atoms with E-state index >= 15 is 0 Å². The molecule has 1 fully saturated rings. The SMILES string of the molecule is ClCCN1CCCN(c2ccncn2)CC1. The third-order valence-corrected chi connectivity index (χ3v) is 3.05. The minimum atomic E-state index is 0.716. The van der Waals surface area contributed by atoms with Crippen molar-refractivity contribution in [1.82, 2.24) is 14.9 Å². The van der Waals surface area contributed by atoms with Gasteiger partial charge in [-0.3, -0.25) is 0 Å². The first-order valence-electron chi connectivity index (χ1n) is 5.69. The van der Waals surface area contributed by atoms with E-state index in [0.717, 1.165) is 38.5 Å². The zero-order valence-electron chi connectivity index (χ0n) is 9.35. The summed E-state index contributed by atoms with van der Waals surface area (Å²) in [5, 5.41) is 0. The largest absolute Gasteiger partial charge is 0.355 e. The lowest BCUT2D eigenvalue weighted by atomic mass is 10.4. The van der Waals surface area contributed by atoms with E-state index < -0.39 is 0 Å². The normalized spacial score (nSPS) is 18.4. The van der Waals surface area contributed by atoms with E-state index in [-0.39, 0.29) is 0 Å². The van der Waals surface area contributed by atoms with Crippen molar-refractivity contribution in [2.24, 2.45) is 0 Å². The Hall–Kier alpha value is -0.870. The summed E-state index contributed by atoms with van der Waals surface area (Å²) in [5.74, 6) is 1.75. The van der Waals surface area contributed by atoms with Gasteiger partial charge in [0.05, 0.1) is 0 Å². The van der Waals surface area contributed by atoms with Crippen molar-refractivity contribution in [1.29, 1.82) is 0 Å². The zero-order valence-corrected chi connectivity index (χ0v) is 10.1. The molecule has 5 heteroatoms. The molecule has 16 heavy (non-hydrogen) atoms. The van der Waals surface area contributed by atoms with E-state index in [1.807, 2.05) is 6.07 Å². The van der Waals surface area contributed by atoms with Gasteiger partial charge in [0.25, 0.3) is 0 Å². The van der Waals surface area contributed by atoms with Crippen LogP contribution in [0.25, 0.3) is 0 Å². The highest BCUT2D eigenvalue weighted by atomic mass is 35.5. The van der Waals surface area contributed by atoms with Crippen molar-refractivity contribution < 1.29 is 0 Å². The van der Waals surface area contributed by atoms with Gasteiger partial charge in [-0.25, -0.2) is 9.97 Å². The molecule has 1 aliphatic rings. The van der Waals surface area contributed by atoms with Crippen molar-refractivity contribution in [3.8, 4) is 0 Å². The van der Waals surface area contributed by atoms with E-state index in [2.05, 4.69) is 19.8 Å². The van der Waals surface area contributed by atoms with Gasteiger partial charge in [0.15, 0.2) is 0 Å². The molecule has 4 nitrogen and oxygen atoms in total. The predicted octanol–water partition coefficient (Wildman–Crippen LogP) is 1.23. The minimum absolute atomic E-state index is 0.716. The van der Waals surface area contributed by atoms with Crippen LogP contribution in [0.2, 0.25) is 0 Å². The number of halogens is 1. The Morgan fingerprint density at radius 3 is 2.94 bits per heavy atom. The average molecular weight is 241 g/mol. The topological polar surface area (TPSA) is 32.3 Å². The van der Waals surface area contributed by atoms with Crippen LogP contribution in [0.1, 0.15) is 6.42 Å². The van der Waals surface area contributed by atoms with Crippen LogP contribution in [0.3, 0.4) is 0 Å². The Bertz CT molecular complexity index is 306. The maximum Gasteiger partial charge on any atom is 0.131 e. The summed E-state index contributed by atoms with van der Waals surface area (Å²) in [6, 6.07) is 1.97. The summed E-state index contributed by atoms with van der Waals surface area (Å²) >= 11 is 5.77. The van der Waals surface area contributed by atoms with Gasteiger partial charge in [0.1, 0.15) is 12.1 Å². The van der Waals surface area contributed by atoms with Crippen LogP contribution in [0.15, 0.2) is 18.6 Å². The standard InChI is InChI=1S/C11H17ClN4/c12-3-7-15-5-1-6-16(9-8-15)11-2-4-13-10-14-11/h2,4,10H,1,3,5-9H2. The van der Waals surface area contributed by atoms with Gasteiger partial charge >= 0.3 is 0 Å². The molecule has 0 N–H and O–H groups in total. The van der Waals surface area contributed by atoms with Gasteiger partial charge in [-0.05, 0) is 19.0 Å². The monoisotopic (exact) mass is 240 g/mol. The third kappa shape index (κ3) is 3.06. The molecular weight excluding hydrogens is 224 g/mol. The Balaban J connectivity index is 1.94. The molecule has 0 spiro atoms. The lowest BCUT2D eigenvalue weighted by Gasteiger charge is -2.21. The molecule has 0 radical (unpaired) electrons. The lowest BCUT2D eigenvalue weighted by Crippen LogP contribution is -2.32. The van der Waals surface area contributed by atoms with Crippen molar-refractivity contribution in [3.63, 3.8) is 0 Å². The lowest BCUT2D eigenvalue weighted by molar-refractivity contribution is 0.311. The molecule has 0 unspecified atom stereocenters. The third-order valence-electron chi connectivity index (χ3n) is 2.88. The fourth-order valence-electron chi connectivity index (χ4n) is 2.01. The molecule has 0 saturated carbocycles. The van der Waals surface area contributed by atoms with Gasteiger partial charge in [0.2, 0.25) is 0 Å². The Labute approximate surface area is 101 Å². The molecule has 1 aromatic rings. The Morgan fingerprint density at radius 2 is 2.19 bits per heavy atom. The van der Waals surface area contributed by atoms with Crippen LogP contribution < -0.4 is 4.90 Å². The molecule has 2 heterocycles. The quantitative estimate of drug-likeness (QED) is 0.744. The van der Waals surface area contributed by atoms with Gasteiger partial charge < -0.3 is 9.80 Å². The van der Waals surface area contributed by atoms with Crippen LogP contribution in [0.4, 0.5) is 5.82 Å². The summed E-state index contributed by atoms with van der Waals surface area (Å²) in [6.07, 6.45) is 4.57. The van der Waals surface area contributed by atoms with Crippen LogP contribution in [-0.4, -0.2) is 53.5 Å². The molecule has 0 bridgehead atoms. The number of nitrogens with zero attached hydrogens (tertiary/aromatic N) is 4. The highest BCUT2D eigenvalue weighted by Gasteiger charge is 2.14. The molecule has 0 aliphatic carbocycles. The van der Waals surface area contributed by atoms with Gasteiger partial charge in [-0.15, -0.1) is 11.6 Å². The number of aromatic nitrogens is 2. The van der Waals surface area contributed by atoms with Gasteiger partial charge in [-0.2, -0.15) is 0 Å². The molecule has 1 aliphatic heterocycles. The van der Waals surface area contributed by atoms with Crippen molar-refractivity contribution in [2.45, 2.75) is 6.42 Å².